The molecule has 124 valence electrons. The van der Waals surface area contributed by atoms with Gasteiger partial charge in [-0.05, 0) is 18.9 Å². The van der Waals surface area contributed by atoms with Crippen LogP contribution in [0.2, 0.25) is 0 Å². The maximum Gasteiger partial charge on any atom is 0.292 e. The van der Waals surface area contributed by atoms with E-state index in [1.54, 1.807) is 18.2 Å². The molecule has 2 aliphatic rings. The first-order valence-electron chi connectivity index (χ1n) is 8.04. The van der Waals surface area contributed by atoms with Crippen LogP contribution in [0.25, 0.3) is 0 Å². The van der Waals surface area contributed by atoms with Crippen molar-refractivity contribution in [2.75, 3.05) is 25.0 Å². The topological polar surface area (TPSA) is 84.7 Å². The van der Waals surface area contributed by atoms with Crippen LogP contribution in [0.3, 0.4) is 0 Å². The van der Waals surface area contributed by atoms with E-state index in [1.807, 2.05) is 0 Å². The molecule has 0 aromatic heterocycles. The lowest BCUT2D eigenvalue weighted by molar-refractivity contribution is -0.383. The number of nitro benzene ring substituents is 1. The van der Waals surface area contributed by atoms with Crippen molar-refractivity contribution in [1.29, 1.82) is 0 Å². The Hall–Kier alpha value is -1.99. The molecule has 1 saturated carbocycles. The normalized spacial score (nSPS) is 24.7. The molecule has 3 rings (SSSR count). The van der Waals surface area contributed by atoms with Gasteiger partial charge in [-0.15, -0.1) is 0 Å². The second kappa shape index (κ2) is 7.06. The van der Waals surface area contributed by atoms with Crippen LogP contribution in [0.4, 0.5) is 11.4 Å². The number of amides is 1. The number of hydrogen-bond acceptors (Lipinski definition) is 5. The molecule has 7 heteroatoms. The van der Waals surface area contributed by atoms with Gasteiger partial charge in [0.05, 0.1) is 24.2 Å². The Bertz CT molecular complexity index is 590. The molecule has 1 aromatic rings. The van der Waals surface area contributed by atoms with E-state index in [0.29, 0.717) is 6.61 Å². The molecule has 0 unspecified atom stereocenters. The quantitative estimate of drug-likeness (QED) is 0.679. The third-order valence-electron chi connectivity index (χ3n) is 4.57. The van der Waals surface area contributed by atoms with Gasteiger partial charge in [0.2, 0.25) is 5.91 Å². The zero-order valence-electron chi connectivity index (χ0n) is 12.9. The number of carbonyl (C=O) groups excluding carboxylic acids is 1. The maximum absolute atomic E-state index is 12.3. The van der Waals surface area contributed by atoms with E-state index < -0.39 is 4.92 Å². The van der Waals surface area contributed by atoms with Gasteiger partial charge in [0.1, 0.15) is 5.69 Å². The van der Waals surface area contributed by atoms with Gasteiger partial charge in [0.15, 0.2) is 0 Å². The van der Waals surface area contributed by atoms with Gasteiger partial charge >= 0.3 is 0 Å². The number of nitro groups is 1. The highest BCUT2D eigenvalue weighted by Gasteiger charge is 2.35. The van der Waals surface area contributed by atoms with Gasteiger partial charge in [-0.3, -0.25) is 19.8 Å². The molecule has 7 nitrogen and oxygen atoms in total. The van der Waals surface area contributed by atoms with Crippen LogP contribution in [0.15, 0.2) is 24.3 Å². The average Bonchev–Trinajstić information content (AvgIpc) is 2.55. The fourth-order valence-corrected chi connectivity index (χ4v) is 3.49. The average molecular weight is 319 g/mol. The first-order valence-corrected chi connectivity index (χ1v) is 8.04. The molecule has 1 saturated heterocycles. The number of para-hydroxylation sites is 2. The lowest BCUT2D eigenvalue weighted by Crippen LogP contribution is -2.54. The highest BCUT2D eigenvalue weighted by atomic mass is 16.6. The van der Waals surface area contributed by atoms with Crippen LogP contribution in [-0.2, 0) is 9.53 Å². The second-order valence-electron chi connectivity index (χ2n) is 6.05. The van der Waals surface area contributed by atoms with Crippen LogP contribution >= 0.6 is 0 Å². The predicted octanol–water partition coefficient (Wildman–Crippen LogP) is 2.18. The first kappa shape index (κ1) is 15.9. The van der Waals surface area contributed by atoms with Gasteiger partial charge < -0.3 is 10.1 Å². The second-order valence-corrected chi connectivity index (χ2v) is 6.05. The monoisotopic (exact) mass is 319 g/mol. The lowest BCUT2D eigenvalue weighted by Gasteiger charge is -2.43. The molecule has 1 aromatic carbocycles. The number of nitrogens with one attached hydrogen (secondary N) is 1. The van der Waals surface area contributed by atoms with E-state index in [-0.39, 0.29) is 36.0 Å². The van der Waals surface area contributed by atoms with Gasteiger partial charge in [0, 0.05) is 18.7 Å². The van der Waals surface area contributed by atoms with Gasteiger partial charge in [0.25, 0.3) is 5.69 Å². The number of rotatable bonds is 4. The van der Waals surface area contributed by atoms with E-state index in [4.69, 9.17) is 4.74 Å². The lowest BCUT2D eigenvalue weighted by atomic mass is 9.90. The van der Waals surface area contributed by atoms with Crippen LogP contribution in [0.5, 0.6) is 0 Å². The number of hydrogen-bond donors (Lipinski definition) is 1. The van der Waals surface area contributed by atoms with Crippen molar-refractivity contribution in [3.8, 4) is 0 Å². The number of fused-ring (bicyclic) bond motifs is 1. The number of nitrogens with zero attached hydrogens (tertiary/aromatic N) is 2. The van der Waals surface area contributed by atoms with E-state index in [0.717, 1.165) is 25.8 Å². The first-order chi connectivity index (χ1) is 11.1. The third kappa shape index (κ3) is 3.68. The van der Waals surface area contributed by atoms with Crippen LogP contribution in [-0.4, -0.2) is 47.6 Å². The van der Waals surface area contributed by atoms with E-state index in [1.165, 1.54) is 12.5 Å². The molecule has 1 aliphatic heterocycles. The zero-order chi connectivity index (χ0) is 16.2. The van der Waals surface area contributed by atoms with Gasteiger partial charge in [-0.25, -0.2) is 0 Å². The number of carbonyl (C=O) groups is 1. The number of morpholine rings is 1. The highest BCUT2D eigenvalue weighted by Crippen LogP contribution is 2.28. The van der Waals surface area contributed by atoms with Crippen LogP contribution < -0.4 is 5.32 Å². The summed E-state index contributed by atoms with van der Waals surface area (Å²) in [5, 5.41) is 13.7. The van der Waals surface area contributed by atoms with E-state index >= 15 is 0 Å². The number of anilines is 1. The summed E-state index contributed by atoms with van der Waals surface area (Å²) >= 11 is 0. The predicted molar refractivity (Wildman–Crippen MR) is 85.3 cm³/mol. The summed E-state index contributed by atoms with van der Waals surface area (Å²) in [6.45, 7) is 1.61. The molecule has 2 atom stereocenters. The van der Waals surface area contributed by atoms with Crippen molar-refractivity contribution in [2.24, 2.45) is 0 Å². The summed E-state index contributed by atoms with van der Waals surface area (Å²) in [6, 6.07) is 6.49. The van der Waals surface area contributed by atoms with E-state index in [9.17, 15) is 14.9 Å². The zero-order valence-corrected chi connectivity index (χ0v) is 12.9. The summed E-state index contributed by atoms with van der Waals surface area (Å²) in [5.41, 5.74) is 0.161. The van der Waals surface area contributed by atoms with Crippen molar-refractivity contribution in [3.63, 3.8) is 0 Å². The molecular weight excluding hydrogens is 298 g/mol. The number of benzene rings is 1. The minimum Gasteiger partial charge on any atom is -0.375 e. The number of ether oxygens (including phenoxy) is 1. The molecule has 1 heterocycles. The van der Waals surface area contributed by atoms with Crippen LogP contribution in [0.1, 0.15) is 25.7 Å². The summed E-state index contributed by atoms with van der Waals surface area (Å²) < 4.78 is 5.80. The minimum absolute atomic E-state index is 0.0848. The standard InChI is InChI=1S/C16H21N3O4/c20-16(17-12-5-1-2-6-13(12)19(21)22)11-18-9-10-23-15-8-4-3-7-14(15)18/h1-2,5-6,14-15H,3-4,7-11H2,(H,17,20)/t14-,15+/m1/s1. The highest BCUT2D eigenvalue weighted by molar-refractivity contribution is 5.94. The summed E-state index contributed by atoms with van der Waals surface area (Å²) in [7, 11) is 0. The van der Waals surface area contributed by atoms with Crippen molar-refractivity contribution >= 4 is 17.3 Å². The fraction of sp³-hybridized carbons (Fsp3) is 0.562. The maximum atomic E-state index is 12.3. The fourth-order valence-electron chi connectivity index (χ4n) is 3.49. The Morgan fingerprint density at radius 3 is 2.96 bits per heavy atom. The third-order valence-corrected chi connectivity index (χ3v) is 4.57. The largest absolute Gasteiger partial charge is 0.375 e. The van der Waals surface area contributed by atoms with Crippen molar-refractivity contribution in [3.05, 3.63) is 34.4 Å². The Morgan fingerprint density at radius 1 is 1.35 bits per heavy atom. The van der Waals surface area contributed by atoms with Gasteiger partial charge in [-0.1, -0.05) is 25.0 Å². The molecule has 0 radical (unpaired) electrons. The van der Waals surface area contributed by atoms with Crippen molar-refractivity contribution < 1.29 is 14.5 Å². The molecular formula is C16H21N3O4. The van der Waals surface area contributed by atoms with Crippen LogP contribution in [0, 0.1) is 10.1 Å². The minimum atomic E-state index is -0.485. The van der Waals surface area contributed by atoms with Crippen molar-refractivity contribution in [2.45, 2.75) is 37.8 Å². The molecule has 2 fully saturated rings. The molecule has 0 spiro atoms. The Kier molecular flexibility index (Phi) is 4.88. The Balaban J connectivity index is 1.64. The molecule has 23 heavy (non-hydrogen) atoms. The Morgan fingerprint density at radius 2 is 2.13 bits per heavy atom. The van der Waals surface area contributed by atoms with E-state index in [2.05, 4.69) is 10.2 Å². The van der Waals surface area contributed by atoms with Crippen molar-refractivity contribution in [1.82, 2.24) is 4.90 Å². The molecule has 1 amide bonds. The Labute approximate surface area is 134 Å². The van der Waals surface area contributed by atoms with Gasteiger partial charge in [-0.2, -0.15) is 0 Å². The molecule has 1 N–H and O–H groups in total. The smallest absolute Gasteiger partial charge is 0.292 e. The summed E-state index contributed by atoms with van der Waals surface area (Å²) in [6.07, 6.45) is 4.65. The summed E-state index contributed by atoms with van der Waals surface area (Å²) in [4.78, 5) is 25.0. The molecule has 0 bridgehead atoms. The molecule has 1 aliphatic carbocycles. The summed E-state index contributed by atoms with van der Waals surface area (Å²) in [5.74, 6) is -0.217. The SMILES string of the molecule is O=C(CN1CCO[C@H]2CCCC[C@H]21)Nc1ccccc1[N+](=O)[O-].